The molecule has 0 fully saturated rings. The first-order valence-electron chi connectivity index (χ1n) is 7.23. The maximum atomic E-state index is 4.71. The van der Waals surface area contributed by atoms with Crippen LogP contribution in [0.5, 0.6) is 0 Å². The van der Waals surface area contributed by atoms with E-state index in [1.807, 2.05) is 38.1 Å². The third kappa shape index (κ3) is 3.87. The fraction of sp³-hybridized carbons (Fsp3) is 0.167. The van der Waals surface area contributed by atoms with Crippen LogP contribution in [0.15, 0.2) is 74.2 Å². The first-order valence-corrected chi connectivity index (χ1v) is 8.05. The predicted molar refractivity (Wildman–Crippen MR) is 102 cm³/mol. The van der Waals surface area contributed by atoms with Gasteiger partial charge >= 0.3 is 0 Å². The lowest BCUT2D eigenvalue weighted by molar-refractivity contribution is 1.22. The smallest absolute Gasteiger partial charge is 0.144 e. The van der Waals surface area contributed by atoms with Gasteiger partial charge < -0.3 is 4.72 Å². The van der Waals surface area contributed by atoms with E-state index in [0.29, 0.717) is 0 Å². The summed E-state index contributed by atoms with van der Waals surface area (Å²) in [5.74, 6) is 0.779. The molecule has 0 bridgehead atoms. The van der Waals surface area contributed by atoms with Crippen LogP contribution in [0.2, 0.25) is 0 Å². The molecule has 23 heavy (non-hydrogen) atoms. The van der Waals surface area contributed by atoms with Crippen molar-refractivity contribution >= 4 is 35.9 Å². The molecule has 1 aliphatic heterocycles. The molecule has 4 nitrogen and oxygen atoms in total. The molecule has 0 amide bonds. The number of rotatable bonds is 5. The fourth-order valence-electron chi connectivity index (χ4n) is 2.18. The van der Waals surface area contributed by atoms with Crippen LogP contribution < -0.4 is 4.72 Å². The summed E-state index contributed by atoms with van der Waals surface area (Å²) in [5, 5.41) is 7.58. The Bertz CT molecular complexity index is 754. The van der Waals surface area contributed by atoms with E-state index in [1.54, 1.807) is 18.0 Å². The molecule has 1 aliphatic rings. The summed E-state index contributed by atoms with van der Waals surface area (Å²) >= 11 is 1.57. The van der Waals surface area contributed by atoms with Crippen LogP contribution in [-0.4, -0.2) is 18.3 Å². The van der Waals surface area contributed by atoms with E-state index in [4.69, 9.17) is 4.99 Å². The summed E-state index contributed by atoms with van der Waals surface area (Å²) in [4.78, 5) is 5.86. The molecule has 118 valence electrons. The number of hydrogen-bond acceptors (Lipinski definition) is 5. The number of fused-ring (bicyclic) bond motifs is 1. The molecule has 0 unspecified atom stereocenters. The quantitative estimate of drug-likeness (QED) is 0.367. The minimum absolute atomic E-state index is 0.779. The third-order valence-electron chi connectivity index (χ3n) is 3.43. The Morgan fingerprint density at radius 3 is 2.83 bits per heavy atom. The summed E-state index contributed by atoms with van der Waals surface area (Å²) < 4.78 is 3.29. The van der Waals surface area contributed by atoms with Gasteiger partial charge in [-0.1, -0.05) is 30.9 Å². The van der Waals surface area contributed by atoms with E-state index in [1.165, 1.54) is 5.56 Å². The number of aryl methyl sites for hydroxylation is 1. The number of nitrogens with zero attached hydrogens (tertiary/aromatic N) is 3. The highest BCUT2D eigenvalue weighted by Gasteiger charge is 2.16. The zero-order valence-corrected chi connectivity index (χ0v) is 14.4. The van der Waals surface area contributed by atoms with E-state index in [0.717, 1.165) is 33.3 Å². The number of aliphatic imine (C=N–C) groups is 1. The minimum atomic E-state index is 0.779. The lowest BCUT2D eigenvalue weighted by Gasteiger charge is -2.19. The van der Waals surface area contributed by atoms with Crippen LogP contribution in [0.1, 0.15) is 19.4 Å². The van der Waals surface area contributed by atoms with Crippen LogP contribution in [-0.2, 0) is 0 Å². The van der Waals surface area contributed by atoms with Crippen LogP contribution >= 0.6 is 11.9 Å². The number of nitrogens with one attached hydrogen (secondary N) is 1. The van der Waals surface area contributed by atoms with E-state index < -0.39 is 0 Å². The van der Waals surface area contributed by atoms with Gasteiger partial charge in [0.2, 0.25) is 0 Å². The van der Waals surface area contributed by atoms with Gasteiger partial charge in [0.15, 0.2) is 0 Å². The largest absolute Gasteiger partial charge is 0.310 e. The Morgan fingerprint density at radius 1 is 1.39 bits per heavy atom. The maximum absolute atomic E-state index is 4.71. The third-order valence-corrected chi connectivity index (χ3v) is 4.46. The molecule has 0 saturated heterocycles. The van der Waals surface area contributed by atoms with Crippen molar-refractivity contribution in [3.63, 3.8) is 0 Å². The van der Waals surface area contributed by atoms with Crippen molar-refractivity contribution in [2.45, 2.75) is 25.7 Å². The van der Waals surface area contributed by atoms with Gasteiger partial charge in [-0.2, -0.15) is 10.2 Å². The molecule has 2 rings (SSSR count). The fourth-order valence-corrected chi connectivity index (χ4v) is 2.99. The van der Waals surface area contributed by atoms with E-state index >= 15 is 0 Å². The van der Waals surface area contributed by atoms with Crippen molar-refractivity contribution in [2.24, 2.45) is 15.2 Å². The highest BCUT2D eigenvalue weighted by Crippen LogP contribution is 2.34. The van der Waals surface area contributed by atoms with Gasteiger partial charge in [-0.3, -0.25) is 0 Å². The summed E-state index contributed by atoms with van der Waals surface area (Å²) in [5.41, 5.74) is 4.83. The van der Waals surface area contributed by atoms with E-state index in [2.05, 4.69) is 41.2 Å². The SMILES string of the molecule is C=C\C(=C/C(=C\C)C(/C)=N/N=C)C1=Nc2cccc(C)c2SN1. The highest BCUT2D eigenvalue weighted by atomic mass is 32.2. The lowest BCUT2D eigenvalue weighted by atomic mass is 10.1. The standard InChI is InChI=1S/C18H20N4S/c1-6-14(13(4)21-19-5)11-15(7-2)18-20-16-10-8-9-12(3)17(16)23-22-18/h6-11H,2,5H2,1,3-4H3,(H,20,22)/b14-6+,15-11+,21-13+. The van der Waals surface area contributed by atoms with Crippen molar-refractivity contribution in [1.82, 2.24) is 4.72 Å². The van der Waals surface area contributed by atoms with Crippen LogP contribution in [0.3, 0.4) is 0 Å². The topological polar surface area (TPSA) is 49.1 Å². The minimum Gasteiger partial charge on any atom is -0.310 e. The Hall–Kier alpha value is -2.40. The van der Waals surface area contributed by atoms with Gasteiger partial charge in [-0.15, -0.1) is 0 Å². The second kappa shape index (κ2) is 7.74. The second-order valence-electron chi connectivity index (χ2n) is 4.96. The molecule has 1 N–H and O–H groups in total. The lowest BCUT2D eigenvalue weighted by Crippen LogP contribution is -2.20. The molecule has 1 heterocycles. The average molecular weight is 324 g/mol. The number of hydrogen-bond donors (Lipinski definition) is 1. The summed E-state index contributed by atoms with van der Waals surface area (Å²) in [6.45, 7) is 13.2. The van der Waals surface area contributed by atoms with Gasteiger partial charge in [-0.05, 0) is 56.0 Å². The van der Waals surface area contributed by atoms with Gasteiger partial charge in [0.05, 0.1) is 16.3 Å². The zero-order valence-electron chi connectivity index (χ0n) is 13.6. The maximum Gasteiger partial charge on any atom is 0.144 e. The molecule has 1 aromatic rings. The number of allylic oxidation sites excluding steroid dienone is 3. The Kier molecular flexibility index (Phi) is 5.71. The van der Waals surface area contributed by atoms with Crippen molar-refractivity contribution < 1.29 is 0 Å². The second-order valence-corrected chi connectivity index (χ2v) is 5.78. The monoisotopic (exact) mass is 324 g/mol. The van der Waals surface area contributed by atoms with Crippen LogP contribution in [0.25, 0.3) is 0 Å². The average Bonchev–Trinajstić information content (AvgIpc) is 2.56. The highest BCUT2D eigenvalue weighted by molar-refractivity contribution is 7.98. The normalized spacial score (nSPS) is 15.4. The Morgan fingerprint density at radius 2 is 2.17 bits per heavy atom. The zero-order chi connectivity index (χ0) is 16.8. The molecule has 0 saturated carbocycles. The first-order chi connectivity index (χ1) is 11.1. The number of amidine groups is 1. The van der Waals surface area contributed by atoms with E-state index in [9.17, 15) is 0 Å². The summed E-state index contributed by atoms with van der Waals surface area (Å²) in [6.07, 6.45) is 5.75. The van der Waals surface area contributed by atoms with Gasteiger partial charge in [0.1, 0.15) is 5.84 Å². The predicted octanol–water partition coefficient (Wildman–Crippen LogP) is 4.77. The van der Waals surface area contributed by atoms with Gasteiger partial charge in [0.25, 0.3) is 0 Å². The molecule has 0 atom stereocenters. The molecule has 0 spiro atoms. The van der Waals surface area contributed by atoms with Crippen molar-refractivity contribution in [3.8, 4) is 0 Å². The molecular weight excluding hydrogens is 304 g/mol. The van der Waals surface area contributed by atoms with Crippen molar-refractivity contribution in [1.29, 1.82) is 0 Å². The van der Waals surface area contributed by atoms with Crippen LogP contribution in [0, 0.1) is 6.92 Å². The van der Waals surface area contributed by atoms with Crippen molar-refractivity contribution in [3.05, 3.63) is 59.7 Å². The molecular formula is C18H20N4S. The van der Waals surface area contributed by atoms with E-state index in [-0.39, 0.29) is 0 Å². The van der Waals surface area contributed by atoms with Crippen LogP contribution in [0.4, 0.5) is 5.69 Å². The molecule has 1 aromatic carbocycles. The molecule has 0 aromatic heterocycles. The Balaban J connectivity index is 2.42. The summed E-state index contributed by atoms with van der Waals surface area (Å²) in [6, 6.07) is 6.11. The van der Waals surface area contributed by atoms with Crippen molar-refractivity contribution in [2.75, 3.05) is 0 Å². The Labute approximate surface area is 141 Å². The summed E-state index contributed by atoms with van der Waals surface area (Å²) in [7, 11) is 0. The van der Waals surface area contributed by atoms with Gasteiger partial charge in [-0.25, -0.2) is 4.99 Å². The number of benzene rings is 1. The molecule has 5 heteroatoms. The molecule has 0 radical (unpaired) electrons. The first kappa shape index (κ1) is 17.0. The van der Waals surface area contributed by atoms with Gasteiger partial charge in [0, 0.05) is 12.3 Å². The molecule has 0 aliphatic carbocycles.